The quantitative estimate of drug-likeness (QED) is 0.525. The number of hydrogen-bond acceptors (Lipinski definition) is 2. The van der Waals surface area contributed by atoms with Gasteiger partial charge in [-0.25, -0.2) is 4.99 Å². The Labute approximate surface area is 99.3 Å². The number of guanidine groups is 1. The van der Waals surface area contributed by atoms with Gasteiger partial charge in [0.25, 0.3) is 0 Å². The fourth-order valence-corrected chi connectivity index (χ4v) is 2.25. The molecule has 4 heteroatoms. The Morgan fingerprint density at radius 1 is 1.19 bits per heavy atom. The second-order valence-corrected chi connectivity index (χ2v) is 5.52. The van der Waals surface area contributed by atoms with Gasteiger partial charge in [0.15, 0.2) is 5.96 Å². The van der Waals surface area contributed by atoms with Crippen molar-refractivity contribution in [1.29, 1.82) is 0 Å². The summed E-state index contributed by atoms with van der Waals surface area (Å²) in [5, 5.41) is 0. The molecule has 2 atom stereocenters. The molecule has 0 aromatic carbocycles. The first kappa shape index (κ1) is 13.3. The van der Waals surface area contributed by atoms with Crippen molar-refractivity contribution < 1.29 is 4.74 Å². The van der Waals surface area contributed by atoms with E-state index in [1.54, 1.807) is 7.11 Å². The van der Waals surface area contributed by atoms with Crippen molar-refractivity contribution in [2.75, 3.05) is 35.3 Å². The molecule has 0 spiro atoms. The Morgan fingerprint density at radius 2 is 1.69 bits per heavy atom. The Kier molecular flexibility index (Phi) is 3.84. The summed E-state index contributed by atoms with van der Waals surface area (Å²) in [6, 6.07) is 0.359. The van der Waals surface area contributed by atoms with E-state index < -0.39 is 0 Å². The van der Waals surface area contributed by atoms with Crippen LogP contribution in [0.2, 0.25) is 0 Å². The maximum atomic E-state index is 5.44. The first-order chi connectivity index (χ1) is 7.30. The van der Waals surface area contributed by atoms with Crippen LogP contribution in [0, 0.1) is 5.41 Å². The van der Waals surface area contributed by atoms with Crippen LogP contribution in [0.4, 0.5) is 0 Å². The highest BCUT2D eigenvalue weighted by Crippen LogP contribution is 2.44. The molecule has 94 valence electrons. The molecular formula is C12H25N3O. The van der Waals surface area contributed by atoms with Gasteiger partial charge >= 0.3 is 0 Å². The number of rotatable bonds is 2. The number of aliphatic imine (C=N–C) groups is 1. The first-order valence-corrected chi connectivity index (χ1v) is 5.76. The van der Waals surface area contributed by atoms with Crippen molar-refractivity contribution in [3.8, 4) is 0 Å². The van der Waals surface area contributed by atoms with E-state index in [0.717, 1.165) is 12.4 Å². The third-order valence-corrected chi connectivity index (χ3v) is 3.48. The molecular weight excluding hydrogens is 202 g/mol. The normalized spacial score (nSPS) is 26.9. The molecule has 0 radical (unpaired) electrons. The minimum absolute atomic E-state index is 0.145. The topological polar surface area (TPSA) is 28.1 Å². The van der Waals surface area contributed by atoms with E-state index in [1.165, 1.54) is 0 Å². The lowest BCUT2D eigenvalue weighted by atomic mass is 9.65. The van der Waals surface area contributed by atoms with Crippen LogP contribution in [0.5, 0.6) is 0 Å². The lowest BCUT2D eigenvalue weighted by Gasteiger charge is -2.49. The van der Waals surface area contributed by atoms with Gasteiger partial charge < -0.3 is 14.5 Å². The molecule has 2 unspecified atom stereocenters. The second-order valence-electron chi connectivity index (χ2n) is 5.52. The maximum Gasteiger partial charge on any atom is 0.195 e. The van der Waals surface area contributed by atoms with Crippen LogP contribution in [0.1, 0.15) is 20.3 Å². The van der Waals surface area contributed by atoms with Crippen molar-refractivity contribution in [3.63, 3.8) is 0 Å². The van der Waals surface area contributed by atoms with Crippen molar-refractivity contribution in [3.05, 3.63) is 0 Å². The molecule has 0 bridgehead atoms. The second kappa shape index (κ2) is 4.62. The van der Waals surface area contributed by atoms with E-state index >= 15 is 0 Å². The highest BCUT2D eigenvalue weighted by atomic mass is 16.5. The Bertz CT molecular complexity index is 261. The zero-order valence-corrected chi connectivity index (χ0v) is 11.6. The molecule has 0 aliphatic heterocycles. The number of methoxy groups -OCH3 is 1. The molecule has 1 fully saturated rings. The largest absolute Gasteiger partial charge is 0.381 e. The number of ether oxygens (including phenoxy) is 1. The van der Waals surface area contributed by atoms with Crippen molar-refractivity contribution >= 4 is 5.96 Å². The lowest BCUT2D eigenvalue weighted by molar-refractivity contribution is -0.0855. The molecule has 0 aromatic heterocycles. The van der Waals surface area contributed by atoms with Gasteiger partial charge in [-0.2, -0.15) is 0 Å². The Hall–Kier alpha value is -0.770. The zero-order chi connectivity index (χ0) is 12.5. The zero-order valence-electron chi connectivity index (χ0n) is 11.6. The van der Waals surface area contributed by atoms with Gasteiger partial charge in [0.1, 0.15) is 0 Å². The van der Waals surface area contributed by atoms with Crippen LogP contribution in [0.25, 0.3) is 0 Å². The van der Waals surface area contributed by atoms with E-state index in [4.69, 9.17) is 9.73 Å². The van der Waals surface area contributed by atoms with E-state index in [0.29, 0.717) is 12.1 Å². The fraction of sp³-hybridized carbons (Fsp3) is 0.917. The van der Waals surface area contributed by atoms with Gasteiger partial charge in [-0.3, -0.25) is 0 Å². The van der Waals surface area contributed by atoms with E-state index in [1.807, 2.05) is 28.2 Å². The van der Waals surface area contributed by atoms with Crippen LogP contribution in [0.15, 0.2) is 4.99 Å². The van der Waals surface area contributed by atoms with Crippen LogP contribution in [-0.4, -0.2) is 63.2 Å². The molecule has 1 saturated carbocycles. The molecule has 0 saturated heterocycles. The van der Waals surface area contributed by atoms with Crippen molar-refractivity contribution in [2.45, 2.75) is 32.4 Å². The van der Waals surface area contributed by atoms with E-state index in [2.05, 4.69) is 23.6 Å². The minimum atomic E-state index is 0.145. The molecule has 1 aliphatic carbocycles. The van der Waals surface area contributed by atoms with Gasteiger partial charge in [0.2, 0.25) is 0 Å². The van der Waals surface area contributed by atoms with Crippen molar-refractivity contribution in [1.82, 2.24) is 9.80 Å². The highest BCUT2D eigenvalue weighted by molar-refractivity contribution is 5.79. The smallest absolute Gasteiger partial charge is 0.195 e. The molecule has 0 amide bonds. The highest BCUT2D eigenvalue weighted by Gasteiger charge is 2.49. The van der Waals surface area contributed by atoms with Gasteiger partial charge in [-0.15, -0.1) is 0 Å². The number of hydrogen-bond donors (Lipinski definition) is 0. The molecule has 1 rings (SSSR count). The van der Waals surface area contributed by atoms with Crippen LogP contribution in [-0.2, 0) is 4.74 Å². The Morgan fingerprint density at radius 3 is 2.00 bits per heavy atom. The molecule has 0 heterocycles. The van der Waals surface area contributed by atoms with Crippen LogP contribution in [0.3, 0.4) is 0 Å². The molecule has 16 heavy (non-hydrogen) atoms. The van der Waals surface area contributed by atoms with Gasteiger partial charge in [0.05, 0.1) is 12.1 Å². The fourth-order valence-electron chi connectivity index (χ4n) is 2.25. The molecule has 1 aliphatic rings. The summed E-state index contributed by atoms with van der Waals surface area (Å²) in [6.45, 7) is 4.45. The first-order valence-electron chi connectivity index (χ1n) is 5.76. The van der Waals surface area contributed by atoms with E-state index in [-0.39, 0.29) is 5.41 Å². The summed E-state index contributed by atoms with van der Waals surface area (Å²) in [4.78, 5) is 8.92. The third kappa shape index (κ3) is 2.32. The van der Waals surface area contributed by atoms with Crippen molar-refractivity contribution in [2.24, 2.45) is 10.4 Å². The molecule has 0 aromatic rings. The van der Waals surface area contributed by atoms with Gasteiger partial charge in [-0.05, 0) is 6.42 Å². The average Bonchev–Trinajstić information content (AvgIpc) is 2.15. The molecule has 0 N–H and O–H groups in total. The molecule has 4 nitrogen and oxygen atoms in total. The summed E-state index contributed by atoms with van der Waals surface area (Å²) >= 11 is 0. The number of nitrogens with zero attached hydrogens (tertiary/aromatic N) is 3. The summed E-state index contributed by atoms with van der Waals surface area (Å²) in [5.74, 6) is 1.02. The lowest BCUT2D eigenvalue weighted by Crippen LogP contribution is -2.54. The maximum absolute atomic E-state index is 5.44. The van der Waals surface area contributed by atoms with Crippen LogP contribution < -0.4 is 0 Å². The third-order valence-electron chi connectivity index (χ3n) is 3.48. The average molecular weight is 227 g/mol. The van der Waals surface area contributed by atoms with E-state index in [9.17, 15) is 0 Å². The van der Waals surface area contributed by atoms with Crippen LogP contribution >= 0.6 is 0 Å². The predicted molar refractivity (Wildman–Crippen MR) is 67.8 cm³/mol. The standard InChI is InChI=1S/C12H25N3O/c1-12(2)9(8-10(12)16-7)13-11(14(3)4)15(5)6/h9-10H,8H2,1-7H3. The SMILES string of the molecule is COC1CC(N=C(N(C)C)N(C)C)C1(C)C. The summed E-state index contributed by atoms with van der Waals surface area (Å²) in [7, 11) is 9.89. The Balaban J connectivity index is 2.77. The van der Waals surface area contributed by atoms with Gasteiger partial charge in [0, 0.05) is 40.7 Å². The predicted octanol–water partition coefficient (Wildman–Crippen LogP) is 1.28. The monoisotopic (exact) mass is 227 g/mol. The summed E-state index contributed by atoms with van der Waals surface area (Å²) in [5.41, 5.74) is 0.145. The van der Waals surface area contributed by atoms with Gasteiger partial charge in [-0.1, -0.05) is 13.8 Å². The summed E-state index contributed by atoms with van der Waals surface area (Å²) in [6.07, 6.45) is 1.36. The summed E-state index contributed by atoms with van der Waals surface area (Å²) < 4.78 is 5.44. The minimum Gasteiger partial charge on any atom is -0.381 e.